The largest absolute Gasteiger partial charge is 0.481 e. The molecular weight excluding hydrogens is 1520 g/mol. The average Bonchev–Trinajstić information content (AvgIpc) is 0.781. The smallest absolute Gasteiger partial charge is 0.314 e. The van der Waals surface area contributed by atoms with Gasteiger partial charge in [0.25, 0.3) is 0 Å². The molecule has 0 spiro atoms. The molecule has 0 unspecified atom stereocenters. The molecule has 0 radical (unpaired) electrons. The molecule has 0 amide bonds. The van der Waals surface area contributed by atoms with Crippen molar-refractivity contribution in [3.8, 4) is 0 Å². The monoisotopic (exact) mass is 1600 g/mol. The second-order valence-corrected chi connectivity index (χ2v) is 34.3. The number of carboxylic acid groups (broad SMARTS) is 1. The van der Waals surface area contributed by atoms with Crippen molar-refractivity contribution in [1.29, 1.82) is 0 Å². The average molecular weight is 1600 g/mol. The Morgan fingerprint density at radius 2 is 0.745 bits per heavy atom. The third-order valence-corrected chi connectivity index (χ3v) is 28.4. The lowest BCUT2D eigenvalue weighted by molar-refractivity contribution is -0.147. The fourth-order valence-electron chi connectivity index (χ4n) is 13.7. The number of ether oxygens (including phenoxy) is 2. The zero-order valence-electron chi connectivity index (χ0n) is 55.0. The Labute approximate surface area is 599 Å². The van der Waals surface area contributed by atoms with E-state index in [1.165, 1.54) is 43.2 Å². The number of hydrogen-bond donors (Lipinski definition) is 1. The second kappa shape index (κ2) is 33.5. The van der Waals surface area contributed by atoms with E-state index in [1.807, 2.05) is 118 Å². The summed E-state index contributed by atoms with van der Waals surface area (Å²) in [4.78, 5) is 24.5. The molecule has 5 heterocycles. The molecule has 5 fully saturated rings. The SMILES string of the molecule is CC(=O)C1(c2ccc(CN3[C@@H](C)CC[C@H](c4ccccc4)S3(=O)=O)c(F)c2)CCOCC1.C[C@H]1CC[C@H](c2ccccc2)S(=O)(=O)N1Cc1ccc(Br)cc1F.C[C@H]1CC[C@H](c2ccccc2)S(=O)(=O)N1Cc1ccc(C2(C(=O)O)CCOCC2)cc1F.Fc1cc(Br)ccc1CBr. The van der Waals surface area contributed by atoms with Gasteiger partial charge in [-0.1, -0.05) is 175 Å². The van der Waals surface area contributed by atoms with Crippen LogP contribution in [-0.2, 0) is 84.9 Å². The number of carbonyl (C=O) groups is 2. The maximum absolute atomic E-state index is 15.2. The highest BCUT2D eigenvalue weighted by Gasteiger charge is 2.46. The first-order chi connectivity index (χ1) is 46.6. The van der Waals surface area contributed by atoms with Gasteiger partial charge in [0.1, 0.15) is 44.8 Å². The van der Waals surface area contributed by atoms with Crippen molar-refractivity contribution in [2.24, 2.45) is 0 Å². The van der Waals surface area contributed by atoms with Crippen molar-refractivity contribution in [3.63, 3.8) is 0 Å². The fraction of sp³-hybridized carbons (Fsp3) is 0.405. The Kier molecular flexibility index (Phi) is 26.2. The van der Waals surface area contributed by atoms with Crippen LogP contribution in [0.4, 0.5) is 17.6 Å². The van der Waals surface area contributed by atoms with Crippen LogP contribution in [-0.4, -0.2) is 99.6 Å². The van der Waals surface area contributed by atoms with E-state index < -0.39 is 80.1 Å². The second-order valence-electron chi connectivity index (χ2n) is 25.7. The number of carboxylic acids is 1. The lowest BCUT2D eigenvalue weighted by Crippen LogP contribution is -2.45. The van der Waals surface area contributed by atoms with Crippen molar-refractivity contribution in [2.45, 2.75) is 162 Å². The number of carbonyl (C=O) groups excluding carboxylic acids is 1. The molecule has 7 aromatic rings. The van der Waals surface area contributed by atoms with Crippen molar-refractivity contribution in [1.82, 2.24) is 12.9 Å². The highest BCUT2D eigenvalue weighted by Crippen LogP contribution is 2.44. The summed E-state index contributed by atoms with van der Waals surface area (Å²) in [6.07, 6.45) is 5.42. The van der Waals surface area contributed by atoms with Gasteiger partial charge in [-0.2, -0.15) is 12.9 Å². The number of sulfonamides is 3. The minimum absolute atomic E-state index is 0.00545. The first-order valence-corrected chi connectivity index (χ1v) is 39.9. The molecule has 0 aliphatic carbocycles. The topological polar surface area (TPSA) is 185 Å². The first kappa shape index (κ1) is 76.7. The zero-order valence-corrected chi connectivity index (χ0v) is 62.2. The van der Waals surface area contributed by atoms with Crippen LogP contribution in [0.3, 0.4) is 0 Å². The standard InChI is InChI=1S/C25H30FNO4S.C24H28FNO5S.C18H19BrFNO2S.C7H5Br2F/c1-18-8-11-24(20-6-4-3-5-7-20)32(29,30)27(18)17-21-9-10-22(16-23(21)26)25(19(2)28)12-14-31-15-13-25;1-17-7-10-22(18-5-3-2-4-6-18)32(29,30)26(17)16-19-8-9-20(15-21(19)25)24(23(27)28)11-13-31-14-12-24;1-13-7-10-18(14-5-3-2-4-6-14)24(22,23)21(13)12-15-8-9-16(19)11-17(15)20;8-4-5-1-2-6(9)3-7(5)10/h3-7,9-10,16,18,24H,8,11-15,17H2,1-2H3;2-6,8-9,15,17,22H,7,10-14,16H2,1H3,(H,27,28);2-6,8-9,11,13,18H,7,10,12H2,1H3;1-3H,4H2/t18-,24+;17-,22+;13-,18+;/m000./s1. The van der Waals surface area contributed by atoms with Crippen molar-refractivity contribution >= 4 is 89.6 Å². The quantitative estimate of drug-likeness (QED) is 0.0807. The maximum Gasteiger partial charge on any atom is 0.314 e. The van der Waals surface area contributed by atoms with Gasteiger partial charge >= 0.3 is 5.97 Å². The van der Waals surface area contributed by atoms with E-state index in [0.717, 1.165) is 27.6 Å². The number of Topliss-reactive ketones (excluding diaryl/α,β-unsaturated/α-hetero) is 1. The summed E-state index contributed by atoms with van der Waals surface area (Å²) >= 11 is 9.57. The third-order valence-electron chi connectivity index (χ3n) is 19.7. The highest BCUT2D eigenvalue weighted by molar-refractivity contribution is 9.10. The van der Waals surface area contributed by atoms with Crippen LogP contribution in [0.15, 0.2) is 173 Å². The zero-order chi connectivity index (χ0) is 70.7. The van der Waals surface area contributed by atoms with Crippen LogP contribution >= 0.6 is 47.8 Å². The van der Waals surface area contributed by atoms with Gasteiger partial charge in [0.05, 0.1) is 10.8 Å². The van der Waals surface area contributed by atoms with Gasteiger partial charge in [-0.05, 0) is 162 Å². The lowest BCUT2D eigenvalue weighted by Gasteiger charge is -2.38. The summed E-state index contributed by atoms with van der Waals surface area (Å²) in [5, 5.41) is 8.57. The predicted octanol–water partition coefficient (Wildman–Crippen LogP) is 16.7. The van der Waals surface area contributed by atoms with Gasteiger partial charge < -0.3 is 14.6 Å². The Hall–Kier alpha value is -5.51. The van der Waals surface area contributed by atoms with Gasteiger partial charge in [0.15, 0.2) is 0 Å². The Balaban J connectivity index is 0.000000162. The molecule has 5 saturated heterocycles. The van der Waals surface area contributed by atoms with E-state index in [2.05, 4.69) is 47.8 Å². The number of benzene rings is 7. The van der Waals surface area contributed by atoms with Gasteiger partial charge in [-0.25, -0.2) is 42.8 Å². The normalized spacial score (nSPS) is 23.4. The molecule has 0 saturated carbocycles. The summed E-state index contributed by atoms with van der Waals surface area (Å²) < 4.78 is 154. The number of hydrogen-bond acceptors (Lipinski definition) is 10. The molecule has 24 heteroatoms. The number of aliphatic carboxylic acids is 1. The molecule has 1 N–H and O–H groups in total. The van der Waals surface area contributed by atoms with Crippen LogP contribution in [0.25, 0.3) is 0 Å². The Bertz CT molecular complexity index is 4080. The lowest BCUT2D eigenvalue weighted by atomic mass is 9.71. The molecule has 0 bridgehead atoms. The third kappa shape index (κ3) is 17.5. The number of alkyl halides is 1. The van der Waals surface area contributed by atoms with Crippen molar-refractivity contribution < 1.29 is 67.0 Å². The summed E-state index contributed by atoms with van der Waals surface area (Å²) in [7, 11) is -10.9. The number of nitrogens with zero attached hydrogens (tertiary/aromatic N) is 3. The molecule has 526 valence electrons. The number of rotatable bonds is 14. The van der Waals surface area contributed by atoms with Crippen LogP contribution in [0, 0.1) is 23.3 Å². The first-order valence-electron chi connectivity index (χ1n) is 32.7. The van der Waals surface area contributed by atoms with Crippen LogP contribution in [0.1, 0.15) is 158 Å². The Morgan fingerprint density at radius 1 is 0.449 bits per heavy atom. The van der Waals surface area contributed by atoms with E-state index >= 15 is 8.78 Å². The summed E-state index contributed by atoms with van der Waals surface area (Å²) in [5.41, 5.74) is 3.07. The molecule has 5 aliphatic rings. The molecule has 14 nitrogen and oxygen atoms in total. The van der Waals surface area contributed by atoms with Crippen molar-refractivity contribution in [2.75, 3.05) is 26.4 Å². The van der Waals surface area contributed by atoms with Gasteiger partial charge in [0, 0.05) is 95.2 Å². The summed E-state index contributed by atoms with van der Waals surface area (Å²) in [6, 6.07) is 46.0. The van der Waals surface area contributed by atoms with Crippen LogP contribution < -0.4 is 0 Å². The van der Waals surface area contributed by atoms with E-state index in [-0.39, 0.29) is 67.8 Å². The summed E-state index contributed by atoms with van der Waals surface area (Å²) in [6.45, 7) is 8.65. The van der Waals surface area contributed by atoms with Gasteiger partial charge in [-0.15, -0.1) is 0 Å². The Morgan fingerprint density at radius 3 is 1.04 bits per heavy atom. The van der Waals surface area contributed by atoms with E-state index in [4.69, 9.17) is 9.47 Å². The van der Waals surface area contributed by atoms with Gasteiger partial charge in [-0.3, -0.25) is 9.59 Å². The van der Waals surface area contributed by atoms with Gasteiger partial charge in [0.2, 0.25) is 30.1 Å². The minimum atomic E-state index is -3.68. The predicted molar refractivity (Wildman–Crippen MR) is 382 cm³/mol. The van der Waals surface area contributed by atoms with E-state index in [0.29, 0.717) is 109 Å². The van der Waals surface area contributed by atoms with Crippen LogP contribution in [0.2, 0.25) is 0 Å². The summed E-state index contributed by atoms with van der Waals surface area (Å²) in [5.74, 6) is -2.62. The molecule has 0 aromatic heterocycles. The van der Waals surface area contributed by atoms with Crippen LogP contribution in [0.5, 0.6) is 0 Å². The minimum Gasteiger partial charge on any atom is -0.481 e. The molecule has 5 aliphatic heterocycles. The van der Waals surface area contributed by atoms with Crippen molar-refractivity contribution in [3.05, 3.63) is 246 Å². The number of ketones is 1. The molecular formula is C74H82Br3F4N3O11S3. The van der Waals surface area contributed by atoms with E-state index in [9.17, 15) is 48.7 Å². The van der Waals surface area contributed by atoms with E-state index in [1.54, 1.807) is 43.3 Å². The molecule has 6 atom stereocenters. The highest BCUT2D eigenvalue weighted by atomic mass is 79.9. The molecule has 98 heavy (non-hydrogen) atoms. The molecule has 7 aromatic carbocycles. The molecule has 12 rings (SSSR count). The maximum atomic E-state index is 15.2. The number of halogens is 7. The fourth-order valence-corrected chi connectivity index (χ4v) is 21.4.